The summed E-state index contributed by atoms with van der Waals surface area (Å²) in [4.78, 5) is 11.4. The summed E-state index contributed by atoms with van der Waals surface area (Å²) in [5.74, 6) is 1.63. The molecule has 0 heterocycles. The Hall–Kier alpha value is -0.570. The third kappa shape index (κ3) is 5.50. The summed E-state index contributed by atoms with van der Waals surface area (Å²) in [6.07, 6.45) is 4.87. The molecule has 1 aliphatic rings. The van der Waals surface area contributed by atoms with Crippen LogP contribution in [0.2, 0.25) is 0 Å². The van der Waals surface area contributed by atoms with E-state index in [0.29, 0.717) is 18.5 Å². The quantitative estimate of drug-likeness (QED) is 0.664. The highest BCUT2D eigenvalue weighted by atomic mass is 16.1. The van der Waals surface area contributed by atoms with E-state index in [9.17, 15) is 4.79 Å². The SMILES string of the molecule is CCCC1CC1NCC(=O)NCCC(C)C. The van der Waals surface area contributed by atoms with E-state index in [-0.39, 0.29) is 5.91 Å². The fourth-order valence-electron chi connectivity index (χ4n) is 1.97. The molecule has 1 amide bonds. The van der Waals surface area contributed by atoms with Gasteiger partial charge < -0.3 is 10.6 Å². The maximum absolute atomic E-state index is 11.4. The molecule has 1 saturated carbocycles. The maximum atomic E-state index is 11.4. The Bertz CT molecular complexity index is 216. The summed E-state index contributed by atoms with van der Waals surface area (Å²) >= 11 is 0. The first-order valence-corrected chi connectivity index (χ1v) is 6.63. The Balaban J connectivity index is 1.95. The Morgan fingerprint density at radius 3 is 2.81 bits per heavy atom. The lowest BCUT2D eigenvalue weighted by molar-refractivity contribution is -0.120. The van der Waals surface area contributed by atoms with Gasteiger partial charge in [-0.25, -0.2) is 0 Å². The molecule has 1 rings (SSSR count). The van der Waals surface area contributed by atoms with Crippen molar-refractivity contribution in [1.82, 2.24) is 10.6 Å². The minimum atomic E-state index is 0.141. The van der Waals surface area contributed by atoms with Gasteiger partial charge in [-0.2, -0.15) is 0 Å². The molecule has 1 fully saturated rings. The summed E-state index contributed by atoms with van der Waals surface area (Å²) in [6.45, 7) is 7.85. The third-order valence-corrected chi connectivity index (χ3v) is 3.15. The second-order valence-electron chi connectivity index (χ2n) is 5.30. The third-order valence-electron chi connectivity index (χ3n) is 3.15. The molecule has 0 aliphatic heterocycles. The van der Waals surface area contributed by atoms with E-state index in [1.165, 1.54) is 19.3 Å². The minimum Gasteiger partial charge on any atom is -0.355 e. The minimum absolute atomic E-state index is 0.141. The van der Waals surface area contributed by atoms with Gasteiger partial charge in [-0.3, -0.25) is 4.79 Å². The summed E-state index contributed by atoms with van der Waals surface area (Å²) in [6, 6.07) is 0.607. The smallest absolute Gasteiger partial charge is 0.233 e. The van der Waals surface area contributed by atoms with Gasteiger partial charge in [0.25, 0.3) is 0 Å². The van der Waals surface area contributed by atoms with Crippen molar-refractivity contribution in [2.24, 2.45) is 11.8 Å². The maximum Gasteiger partial charge on any atom is 0.233 e. The topological polar surface area (TPSA) is 41.1 Å². The van der Waals surface area contributed by atoms with Crippen LogP contribution in [0, 0.1) is 11.8 Å². The van der Waals surface area contributed by atoms with Crippen LogP contribution in [0.3, 0.4) is 0 Å². The molecule has 0 radical (unpaired) electrons. The van der Waals surface area contributed by atoms with Gasteiger partial charge in [0.1, 0.15) is 0 Å². The average Bonchev–Trinajstić information content (AvgIpc) is 2.94. The van der Waals surface area contributed by atoms with E-state index in [1.54, 1.807) is 0 Å². The number of amides is 1. The van der Waals surface area contributed by atoms with Crippen molar-refractivity contribution in [2.75, 3.05) is 13.1 Å². The van der Waals surface area contributed by atoms with Crippen LogP contribution in [0.15, 0.2) is 0 Å². The summed E-state index contributed by atoms with van der Waals surface area (Å²) < 4.78 is 0. The molecule has 94 valence electrons. The largest absolute Gasteiger partial charge is 0.355 e. The summed E-state index contributed by atoms with van der Waals surface area (Å²) in [5.41, 5.74) is 0. The highest BCUT2D eigenvalue weighted by Crippen LogP contribution is 2.34. The van der Waals surface area contributed by atoms with Crippen molar-refractivity contribution in [3.63, 3.8) is 0 Å². The van der Waals surface area contributed by atoms with Gasteiger partial charge in [0.05, 0.1) is 6.54 Å². The number of carbonyl (C=O) groups excluding carboxylic acids is 1. The van der Waals surface area contributed by atoms with E-state index in [1.807, 2.05) is 0 Å². The molecule has 16 heavy (non-hydrogen) atoms. The first-order chi connectivity index (χ1) is 7.63. The molecule has 0 aromatic heterocycles. The van der Waals surface area contributed by atoms with Crippen LogP contribution in [-0.2, 0) is 4.79 Å². The Labute approximate surface area is 99.4 Å². The van der Waals surface area contributed by atoms with Gasteiger partial charge in [0.2, 0.25) is 5.91 Å². The summed E-state index contributed by atoms with van der Waals surface area (Å²) in [5, 5.41) is 6.26. The number of hydrogen-bond acceptors (Lipinski definition) is 2. The van der Waals surface area contributed by atoms with Crippen LogP contribution >= 0.6 is 0 Å². The van der Waals surface area contributed by atoms with Crippen molar-refractivity contribution in [2.45, 2.75) is 52.5 Å². The average molecular weight is 226 g/mol. The molecule has 2 N–H and O–H groups in total. The van der Waals surface area contributed by atoms with E-state index < -0.39 is 0 Å². The molecule has 3 heteroatoms. The first-order valence-electron chi connectivity index (χ1n) is 6.63. The fourth-order valence-corrected chi connectivity index (χ4v) is 1.97. The number of hydrogen-bond donors (Lipinski definition) is 2. The van der Waals surface area contributed by atoms with Gasteiger partial charge in [-0.15, -0.1) is 0 Å². The predicted octanol–water partition coefficient (Wildman–Crippen LogP) is 1.93. The Morgan fingerprint density at radius 2 is 2.19 bits per heavy atom. The molecular formula is C13H26N2O. The first kappa shape index (κ1) is 13.5. The Kier molecular flexibility index (Phi) is 5.81. The molecule has 3 nitrogen and oxygen atoms in total. The lowest BCUT2D eigenvalue weighted by atomic mass is 10.1. The van der Waals surface area contributed by atoms with Gasteiger partial charge in [-0.1, -0.05) is 27.2 Å². The highest BCUT2D eigenvalue weighted by Gasteiger charge is 2.35. The number of nitrogens with one attached hydrogen (secondary N) is 2. The van der Waals surface area contributed by atoms with Crippen LogP contribution in [-0.4, -0.2) is 25.0 Å². The van der Waals surface area contributed by atoms with Crippen molar-refractivity contribution in [3.8, 4) is 0 Å². The van der Waals surface area contributed by atoms with Gasteiger partial charge in [0.15, 0.2) is 0 Å². The lowest BCUT2D eigenvalue weighted by Gasteiger charge is -2.07. The van der Waals surface area contributed by atoms with Crippen molar-refractivity contribution < 1.29 is 4.79 Å². The van der Waals surface area contributed by atoms with Crippen LogP contribution < -0.4 is 10.6 Å². The zero-order valence-corrected chi connectivity index (χ0v) is 10.9. The van der Waals surface area contributed by atoms with E-state index in [0.717, 1.165) is 18.9 Å². The lowest BCUT2D eigenvalue weighted by Crippen LogP contribution is -2.36. The summed E-state index contributed by atoms with van der Waals surface area (Å²) in [7, 11) is 0. The normalized spacial score (nSPS) is 23.5. The number of carbonyl (C=O) groups is 1. The zero-order valence-electron chi connectivity index (χ0n) is 10.9. The number of rotatable bonds is 8. The predicted molar refractivity (Wildman–Crippen MR) is 67.3 cm³/mol. The van der Waals surface area contributed by atoms with E-state index in [2.05, 4.69) is 31.4 Å². The van der Waals surface area contributed by atoms with Gasteiger partial charge in [-0.05, 0) is 31.1 Å². The zero-order chi connectivity index (χ0) is 12.0. The monoisotopic (exact) mass is 226 g/mol. The van der Waals surface area contributed by atoms with Crippen molar-refractivity contribution in [1.29, 1.82) is 0 Å². The standard InChI is InChI=1S/C13H26N2O/c1-4-5-11-8-12(11)15-9-13(16)14-7-6-10(2)3/h10-12,15H,4-9H2,1-3H3,(H,14,16). The highest BCUT2D eigenvalue weighted by molar-refractivity contribution is 5.78. The van der Waals surface area contributed by atoms with Crippen LogP contribution in [0.1, 0.15) is 46.5 Å². The molecule has 2 atom stereocenters. The van der Waals surface area contributed by atoms with E-state index >= 15 is 0 Å². The second kappa shape index (κ2) is 6.89. The molecule has 0 saturated heterocycles. The molecule has 0 aromatic rings. The van der Waals surface area contributed by atoms with E-state index in [4.69, 9.17) is 0 Å². The molecule has 0 aromatic carbocycles. The van der Waals surface area contributed by atoms with Crippen LogP contribution in [0.25, 0.3) is 0 Å². The molecule has 2 unspecified atom stereocenters. The Morgan fingerprint density at radius 1 is 1.44 bits per heavy atom. The molecule has 1 aliphatic carbocycles. The molecular weight excluding hydrogens is 200 g/mol. The van der Waals surface area contributed by atoms with Crippen LogP contribution in [0.5, 0.6) is 0 Å². The van der Waals surface area contributed by atoms with Crippen molar-refractivity contribution >= 4 is 5.91 Å². The van der Waals surface area contributed by atoms with Gasteiger partial charge >= 0.3 is 0 Å². The van der Waals surface area contributed by atoms with Gasteiger partial charge in [0, 0.05) is 12.6 Å². The van der Waals surface area contributed by atoms with Crippen LogP contribution in [0.4, 0.5) is 0 Å². The second-order valence-corrected chi connectivity index (χ2v) is 5.30. The van der Waals surface area contributed by atoms with Crippen molar-refractivity contribution in [3.05, 3.63) is 0 Å². The molecule has 0 spiro atoms. The molecule has 0 bridgehead atoms. The fraction of sp³-hybridized carbons (Fsp3) is 0.923.